The Morgan fingerprint density at radius 1 is 0.780 bits per heavy atom. The molecule has 0 saturated heterocycles. The van der Waals surface area contributed by atoms with Gasteiger partial charge in [-0.25, -0.2) is 4.79 Å². The van der Waals surface area contributed by atoms with E-state index < -0.39 is 54.0 Å². The lowest BCUT2D eigenvalue weighted by Crippen LogP contribution is -2.58. The summed E-state index contributed by atoms with van der Waals surface area (Å²) in [5.74, 6) is -3.83. The van der Waals surface area contributed by atoms with E-state index in [4.69, 9.17) is 28.7 Å². The van der Waals surface area contributed by atoms with Gasteiger partial charge in [0.15, 0.2) is 11.9 Å². The van der Waals surface area contributed by atoms with Crippen molar-refractivity contribution in [2.75, 3.05) is 13.1 Å². The van der Waals surface area contributed by atoms with E-state index >= 15 is 0 Å². The molecule has 1 rings (SSSR count). The van der Waals surface area contributed by atoms with Crippen LogP contribution < -0.4 is 44.6 Å². The molecular weight excluding hydrogens is 536 g/mol. The van der Waals surface area contributed by atoms with Crippen LogP contribution in [0.1, 0.15) is 38.2 Å². The minimum atomic E-state index is -1.31. The number of nitrogens with two attached hydrogens (primary N) is 5. The Morgan fingerprint density at radius 3 is 1.63 bits per heavy atom. The molecule has 15 N–H and O–H groups in total. The summed E-state index contributed by atoms with van der Waals surface area (Å²) in [7, 11) is 0. The van der Waals surface area contributed by atoms with Gasteiger partial charge in [0.25, 0.3) is 0 Å². The average Bonchev–Trinajstić information content (AvgIpc) is 2.90. The third kappa shape index (κ3) is 14.0. The number of amides is 3. The van der Waals surface area contributed by atoms with E-state index in [1.807, 2.05) is 0 Å². The van der Waals surface area contributed by atoms with Gasteiger partial charge in [-0.2, -0.15) is 0 Å². The molecule has 0 bridgehead atoms. The molecule has 0 heterocycles. The van der Waals surface area contributed by atoms with Gasteiger partial charge in [0.05, 0.1) is 6.10 Å². The number of nitrogens with one attached hydrogen (secondary N) is 3. The molecule has 0 radical (unpaired) electrons. The molecule has 5 atom stereocenters. The Kier molecular flexibility index (Phi) is 15.2. The molecule has 5 unspecified atom stereocenters. The van der Waals surface area contributed by atoms with Crippen molar-refractivity contribution < 1.29 is 29.4 Å². The number of carboxylic acid groups (broad SMARTS) is 1. The van der Waals surface area contributed by atoms with Crippen molar-refractivity contribution in [2.24, 2.45) is 38.7 Å². The van der Waals surface area contributed by atoms with E-state index in [1.165, 1.54) is 6.92 Å². The molecule has 1 aromatic rings. The average molecular weight is 579 g/mol. The third-order valence-corrected chi connectivity index (χ3v) is 5.88. The van der Waals surface area contributed by atoms with E-state index in [-0.39, 0.29) is 57.1 Å². The Morgan fingerprint density at radius 2 is 1.22 bits per heavy atom. The summed E-state index contributed by atoms with van der Waals surface area (Å²) in [5.41, 5.74) is 27.8. The minimum Gasteiger partial charge on any atom is -0.480 e. The zero-order chi connectivity index (χ0) is 30.9. The van der Waals surface area contributed by atoms with Crippen molar-refractivity contribution in [2.45, 2.75) is 69.3 Å². The maximum Gasteiger partial charge on any atom is 0.326 e. The molecular formula is C25H42N10O6. The summed E-state index contributed by atoms with van der Waals surface area (Å²) in [6, 6.07) is 3.76. The Hall–Kier alpha value is -4.44. The summed E-state index contributed by atoms with van der Waals surface area (Å²) in [6.07, 6.45) is -0.520. The van der Waals surface area contributed by atoms with Crippen molar-refractivity contribution in [3.8, 4) is 0 Å². The summed E-state index contributed by atoms with van der Waals surface area (Å²) < 4.78 is 0. The summed E-state index contributed by atoms with van der Waals surface area (Å²) in [4.78, 5) is 58.6. The number of aliphatic carboxylic acids is 1. The predicted molar refractivity (Wildman–Crippen MR) is 153 cm³/mol. The number of nitrogens with zero attached hydrogens (tertiary/aromatic N) is 2. The maximum atomic E-state index is 13.3. The van der Waals surface area contributed by atoms with Crippen molar-refractivity contribution >= 4 is 35.6 Å². The maximum absolute atomic E-state index is 13.3. The number of aliphatic hydroxyl groups excluding tert-OH is 1. The summed E-state index contributed by atoms with van der Waals surface area (Å²) in [6.45, 7) is 1.63. The van der Waals surface area contributed by atoms with Gasteiger partial charge in [-0.3, -0.25) is 24.4 Å². The highest BCUT2D eigenvalue weighted by Crippen LogP contribution is 2.07. The first-order valence-corrected chi connectivity index (χ1v) is 13.0. The molecule has 0 aliphatic carbocycles. The van der Waals surface area contributed by atoms with E-state index in [0.29, 0.717) is 5.56 Å². The zero-order valence-electron chi connectivity index (χ0n) is 23.0. The number of rotatable bonds is 18. The van der Waals surface area contributed by atoms with Crippen LogP contribution in [0, 0.1) is 0 Å². The van der Waals surface area contributed by atoms with Crippen LogP contribution >= 0.6 is 0 Å². The van der Waals surface area contributed by atoms with Crippen LogP contribution in [0.15, 0.2) is 40.3 Å². The van der Waals surface area contributed by atoms with E-state index in [0.717, 1.165) is 0 Å². The number of hydrogen-bond donors (Lipinski definition) is 10. The SMILES string of the molecule is CC(O)C(N)C(=O)NC(CCCN=C(N)N)C(=O)NC(CCCN=C(N)N)C(=O)NC(Cc1ccccc1)C(=O)O. The van der Waals surface area contributed by atoms with E-state index in [1.54, 1.807) is 30.3 Å². The number of benzene rings is 1. The lowest BCUT2D eigenvalue weighted by molar-refractivity contribution is -0.142. The molecule has 0 saturated carbocycles. The number of aliphatic hydroxyl groups is 1. The quantitative estimate of drug-likeness (QED) is 0.0464. The third-order valence-electron chi connectivity index (χ3n) is 5.88. The van der Waals surface area contributed by atoms with Gasteiger partial charge >= 0.3 is 5.97 Å². The molecule has 0 spiro atoms. The number of carbonyl (C=O) groups excluding carboxylic acids is 3. The van der Waals surface area contributed by atoms with Crippen LogP contribution in [0.3, 0.4) is 0 Å². The number of guanidine groups is 2. The standard InChI is InChI=1S/C25H42N10O6/c1-14(36)19(26)22(39)34-17(10-6-12-32-25(29)30)20(37)33-16(9-5-11-31-24(27)28)21(38)35-18(23(40)41)13-15-7-3-2-4-8-15/h2-4,7-8,14,16-19,36H,5-6,9-13,26H2,1H3,(H,33,37)(H,34,39)(H,35,38)(H,40,41)(H4,27,28,31)(H4,29,30,32). The van der Waals surface area contributed by atoms with Gasteiger partial charge in [-0.1, -0.05) is 30.3 Å². The van der Waals surface area contributed by atoms with Gasteiger partial charge in [0, 0.05) is 19.5 Å². The highest BCUT2D eigenvalue weighted by molar-refractivity contribution is 5.94. The van der Waals surface area contributed by atoms with Gasteiger partial charge in [0.2, 0.25) is 17.7 Å². The van der Waals surface area contributed by atoms with Crippen LogP contribution in [0.4, 0.5) is 0 Å². The highest BCUT2D eigenvalue weighted by atomic mass is 16.4. The van der Waals surface area contributed by atoms with Crippen LogP contribution in [0.25, 0.3) is 0 Å². The lowest BCUT2D eigenvalue weighted by Gasteiger charge is -2.25. The monoisotopic (exact) mass is 578 g/mol. The number of carboxylic acids is 1. The smallest absolute Gasteiger partial charge is 0.326 e. The fraction of sp³-hybridized carbons (Fsp3) is 0.520. The number of aliphatic imine (C=N–C) groups is 2. The first kappa shape index (κ1) is 34.6. The zero-order valence-corrected chi connectivity index (χ0v) is 23.0. The van der Waals surface area contributed by atoms with Crippen LogP contribution in [-0.4, -0.2) is 89.2 Å². The van der Waals surface area contributed by atoms with Crippen LogP contribution in [0.2, 0.25) is 0 Å². The summed E-state index contributed by atoms with van der Waals surface area (Å²) in [5, 5.41) is 26.9. The van der Waals surface area contributed by atoms with Crippen LogP contribution in [0.5, 0.6) is 0 Å². The molecule has 0 fully saturated rings. The molecule has 228 valence electrons. The van der Waals surface area contributed by atoms with Crippen molar-refractivity contribution in [1.29, 1.82) is 0 Å². The fourth-order valence-corrected chi connectivity index (χ4v) is 3.63. The molecule has 1 aromatic carbocycles. The first-order valence-electron chi connectivity index (χ1n) is 13.0. The molecule has 3 amide bonds. The molecule has 0 aromatic heterocycles. The Labute approximate surface area is 238 Å². The topological polar surface area (TPSA) is 300 Å². The minimum absolute atomic E-state index is 0.0112. The van der Waals surface area contributed by atoms with Gasteiger partial charge in [0.1, 0.15) is 24.2 Å². The molecule has 16 nitrogen and oxygen atoms in total. The van der Waals surface area contributed by atoms with Crippen molar-refractivity contribution in [3.63, 3.8) is 0 Å². The fourth-order valence-electron chi connectivity index (χ4n) is 3.63. The highest BCUT2D eigenvalue weighted by Gasteiger charge is 2.30. The first-order chi connectivity index (χ1) is 19.3. The molecule has 16 heteroatoms. The molecule has 0 aliphatic rings. The number of carbonyl (C=O) groups is 4. The molecule has 41 heavy (non-hydrogen) atoms. The Bertz CT molecular complexity index is 1060. The van der Waals surface area contributed by atoms with Gasteiger partial charge in [-0.15, -0.1) is 0 Å². The second-order valence-corrected chi connectivity index (χ2v) is 9.38. The van der Waals surface area contributed by atoms with Gasteiger partial charge < -0.3 is 54.8 Å². The Balaban J connectivity index is 3.12. The molecule has 0 aliphatic heterocycles. The van der Waals surface area contributed by atoms with Crippen molar-refractivity contribution in [3.05, 3.63) is 35.9 Å². The second-order valence-electron chi connectivity index (χ2n) is 9.38. The van der Waals surface area contributed by atoms with E-state index in [2.05, 4.69) is 25.9 Å². The predicted octanol–water partition coefficient (Wildman–Crippen LogP) is -3.42. The lowest BCUT2D eigenvalue weighted by atomic mass is 10.0. The van der Waals surface area contributed by atoms with E-state index in [9.17, 15) is 29.4 Å². The number of hydrogen-bond acceptors (Lipinski definition) is 8. The van der Waals surface area contributed by atoms with Crippen LogP contribution in [-0.2, 0) is 25.6 Å². The summed E-state index contributed by atoms with van der Waals surface area (Å²) >= 11 is 0. The second kappa shape index (κ2) is 18.0. The normalized spacial score (nSPS) is 14.3. The van der Waals surface area contributed by atoms with Gasteiger partial charge in [-0.05, 0) is 38.2 Å². The largest absolute Gasteiger partial charge is 0.480 e. The van der Waals surface area contributed by atoms with Crippen molar-refractivity contribution in [1.82, 2.24) is 16.0 Å².